The van der Waals surface area contributed by atoms with E-state index in [1.165, 1.54) is 0 Å². The number of ether oxygens (including phenoxy) is 1. The van der Waals surface area contributed by atoms with E-state index < -0.39 is 0 Å². The van der Waals surface area contributed by atoms with E-state index in [-0.39, 0.29) is 11.9 Å². The van der Waals surface area contributed by atoms with Gasteiger partial charge >= 0.3 is 0 Å². The standard InChI is InChI=1S/C8H16N2O2/c1-12-6-5-10-4-2-3-7(10)8(9)11/h7H,2-6H2,1H3,(H2,9,11)/t7-/m1/s1. The molecule has 2 N–H and O–H groups in total. The average Bonchev–Trinajstić information content (AvgIpc) is 2.48. The summed E-state index contributed by atoms with van der Waals surface area (Å²) >= 11 is 0. The van der Waals surface area contributed by atoms with Gasteiger partial charge in [-0.05, 0) is 19.4 Å². The number of rotatable bonds is 4. The number of nitrogens with two attached hydrogens (primary N) is 1. The summed E-state index contributed by atoms with van der Waals surface area (Å²) in [7, 11) is 1.66. The zero-order valence-electron chi connectivity index (χ0n) is 7.45. The number of carbonyl (C=O) groups is 1. The van der Waals surface area contributed by atoms with Gasteiger partial charge in [-0.3, -0.25) is 9.69 Å². The molecule has 0 saturated carbocycles. The minimum absolute atomic E-state index is 0.0554. The van der Waals surface area contributed by atoms with Crippen LogP contribution in [-0.2, 0) is 9.53 Å². The summed E-state index contributed by atoms with van der Waals surface area (Å²) in [6, 6.07) is -0.0554. The lowest BCUT2D eigenvalue weighted by Gasteiger charge is -2.20. The highest BCUT2D eigenvalue weighted by Crippen LogP contribution is 2.15. The molecule has 0 aromatic rings. The molecular formula is C8H16N2O2. The lowest BCUT2D eigenvalue weighted by atomic mass is 10.2. The molecule has 4 nitrogen and oxygen atoms in total. The van der Waals surface area contributed by atoms with Crippen LogP contribution >= 0.6 is 0 Å². The second kappa shape index (κ2) is 4.42. The normalized spacial score (nSPS) is 24.6. The van der Waals surface area contributed by atoms with Gasteiger partial charge in [-0.25, -0.2) is 0 Å². The summed E-state index contributed by atoms with van der Waals surface area (Å²) in [6.45, 7) is 2.45. The Morgan fingerprint density at radius 1 is 1.75 bits per heavy atom. The number of hydrogen-bond donors (Lipinski definition) is 1. The first-order chi connectivity index (χ1) is 5.75. The van der Waals surface area contributed by atoms with Crippen LogP contribution in [-0.4, -0.2) is 43.7 Å². The van der Waals surface area contributed by atoms with Crippen LogP contribution in [0.15, 0.2) is 0 Å². The van der Waals surface area contributed by atoms with E-state index in [2.05, 4.69) is 4.90 Å². The molecule has 4 heteroatoms. The topological polar surface area (TPSA) is 55.6 Å². The predicted molar refractivity (Wildman–Crippen MR) is 45.7 cm³/mol. The number of nitrogens with zero attached hydrogens (tertiary/aromatic N) is 1. The van der Waals surface area contributed by atoms with E-state index in [0.29, 0.717) is 6.61 Å². The van der Waals surface area contributed by atoms with Crippen molar-refractivity contribution in [3.05, 3.63) is 0 Å². The van der Waals surface area contributed by atoms with Crippen molar-refractivity contribution in [2.75, 3.05) is 26.8 Å². The number of likely N-dealkylation sites (tertiary alicyclic amines) is 1. The van der Waals surface area contributed by atoms with Crippen molar-refractivity contribution in [2.24, 2.45) is 5.73 Å². The van der Waals surface area contributed by atoms with E-state index in [0.717, 1.165) is 25.9 Å². The van der Waals surface area contributed by atoms with E-state index in [1.807, 2.05) is 0 Å². The van der Waals surface area contributed by atoms with E-state index in [9.17, 15) is 4.79 Å². The summed E-state index contributed by atoms with van der Waals surface area (Å²) in [6.07, 6.45) is 1.97. The van der Waals surface area contributed by atoms with Crippen LogP contribution in [0.5, 0.6) is 0 Å². The Hall–Kier alpha value is -0.610. The van der Waals surface area contributed by atoms with E-state index in [4.69, 9.17) is 10.5 Å². The highest BCUT2D eigenvalue weighted by molar-refractivity contribution is 5.80. The van der Waals surface area contributed by atoms with E-state index >= 15 is 0 Å². The maximum absolute atomic E-state index is 10.9. The zero-order valence-corrected chi connectivity index (χ0v) is 7.45. The molecule has 0 aromatic heterocycles. The van der Waals surface area contributed by atoms with Gasteiger partial charge in [0.1, 0.15) is 0 Å². The van der Waals surface area contributed by atoms with Crippen LogP contribution in [0.1, 0.15) is 12.8 Å². The van der Waals surface area contributed by atoms with Crippen molar-refractivity contribution in [3.8, 4) is 0 Å². The minimum atomic E-state index is -0.205. The van der Waals surface area contributed by atoms with Crippen LogP contribution in [0.3, 0.4) is 0 Å². The van der Waals surface area contributed by atoms with Crippen LogP contribution < -0.4 is 5.73 Å². The second-order valence-corrected chi connectivity index (χ2v) is 3.09. The van der Waals surface area contributed by atoms with Crippen molar-refractivity contribution in [1.29, 1.82) is 0 Å². The molecule has 1 rings (SSSR count). The summed E-state index contributed by atoms with van der Waals surface area (Å²) < 4.78 is 4.94. The summed E-state index contributed by atoms with van der Waals surface area (Å²) in [5.41, 5.74) is 5.24. The van der Waals surface area contributed by atoms with Crippen molar-refractivity contribution < 1.29 is 9.53 Å². The number of primary amides is 1. The van der Waals surface area contributed by atoms with Crippen molar-refractivity contribution >= 4 is 5.91 Å². The molecule has 1 heterocycles. The number of methoxy groups -OCH3 is 1. The first kappa shape index (κ1) is 9.48. The van der Waals surface area contributed by atoms with Gasteiger partial charge < -0.3 is 10.5 Å². The van der Waals surface area contributed by atoms with Gasteiger partial charge in [0, 0.05) is 13.7 Å². The zero-order chi connectivity index (χ0) is 8.97. The Morgan fingerprint density at radius 3 is 3.08 bits per heavy atom. The lowest BCUT2D eigenvalue weighted by Crippen LogP contribution is -2.41. The van der Waals surface area contributed by atoms with Gasteiger partial charge in [0.15, 0.2) is 0 Å². The molecule has 1 fully saturated rings. The fourth-order valence-corrected chi connectivity index (χ4v) is 1.62. The van der Waals surface area contributed by atoms with Crippen molar-refractivity contribution in [1.82, 2.24) is 4.90 Å². The molecular weight excluding hydrogens is 156 g/mol. The highest BCUT2D eigenvalue weighted by Gasteiger charge is 2.27. The molecule has 0 unspecified atom stereocenters. The average molecular weight is 172 g/mol. The Balaban J connectivity index is 2.35. The maximum atomic E-state index is 10.9. The van der Waals surface area contributed by atoms with Crippen LogP contribution in [0, 0.1) is 0 Å². The summed E-state index contributed by atoms with van der Waals surface area (Å²) in [5.74, 6) is -0.205. The van der Waals surface area contributed by atoms with Gasteiger partial charge in [-0.2, -0.15) is 0 Å². The SMILES string of the molecule is COCCN1CCC[C@@H]1C(N)=O. The fraction of sp³-hybridized carbons (Fsp3) is 0.875. The third kappa shape index (κ3) is 2.19. The molecule has 0 aliphatic carbocycles. The first-order valence-corrected chi connectivity index (χ1v) is 4.28. The molecule has 70 valence electrons. The van der Waals surface area contributed by atoms with Crippen molar-refractivity contribution in [2.45, 2.75) is 18.9 Å². The number of amides is 1. The second-order valence-electron chi connectivity index (χ2n) is 3.09. The lowest BCUT2D eigenvalue weighted by molar-refractivity contribution is -0.122. The van der Waals surface area contributed by atoms with E-state index in [1.54, 1.807) is 7.11 Å². The molecule has 1 aliphatic rings. The molecule has 1 amide bonds. The molecule has 0 aromatic carbocycles. The first-order valence-electron chi connectivity index (χ1n) is 4.28. The third-order valence-electron chi connectivity index (χ3n) is 2.27. The molecule has 0 spiro atoms. The predicted octanol–water partition coefficient (Wildman–Crippen LogP) is -0.417. The summed E-state index contributed by atoms with van der Waals surface area (Å²) in [4.78, 5) is 13.0. The molecule has 0 radical (unpaired) electrons. The summed E-state index contributed by atoms with van der Waals surface area (Å²) in [5, 5.41) is 0. The van der Waals surface area contributed by atoms with Gasteiger partial charge in [-0.15, -0.1) is 0 Å². The smallest absolute Gasteiger partial charge is 0.234 e. The number of hydrogen-bond acceptors (Lipinski definition) is 3. The number of carbonyl (C=O) groups excluding carboxylic acids is 1. The van der Waals surface area contributed by atoms with Gasteiger partial charge in [0.25, 0.3) is 0 Å². The Labute approximate surface area is 72.7 Å². The molecule has 1 atom stereocenters. The van der Waals surface area contributed by atoms with Gasteiger partial charge in [0.05, 0.1) is 12.6 Å². The van der Waals surface area contributed by atoms with Gasteiger partial charge in [-0.1, -0.05) is 0 Å². The minimum Gasteiger partial charge on any atom is -0.383 e. The van der Waals surface area contributed by atoms with Gasteiger partial charge in [0.2, 0.25) is 5.91 Å². The molecule has 1 saturated heterocycles. The Morgan fingerprint density at radius 2 is 2.50 bits per heavy atom. The molecule has 1 aliphatic heterocycles. The molecule has 0 bridgehead atoms. The van der Waals surface area contributed by atoms with Crippen molar-refractivity contribution in [3.63, 3.8) is 0 Å². The fourth-order valence-electron chi connectivity index (χ4n) is 1.62. The molecule has 12 heavy (non-hydrogen) atoms. The van der Waals surface area contributed by atoms with Crippen LogP contribution in [0.25, 0.3) is 0 Å². The Kier molecular flexibility index (Phi) is 3.49. The Bertz CT molecular complexity index is 161. The third-order valence-corrected chi connectivity index (χ3v) is 2.27. The van der Waals surface area contributed by atoms with Crippen LogP contribution in [0.2, 0.25) is 0 Å². The quantitative estimate of drug-likeness (QED) is 0.626. The monoisotopic (exact) mass is 172 g/mol. The van der Waals surface area contributed by atoms with Crippen LogP contribution in [0.4, 0.5) is 0 Å². The largest absolute Gasteiger partial charge is 0.383 e. The highest BCUT2D eigenvalue weighted by atomic mass is 16.5. The maximum Gasteiger partial charge on any atom is 0.234 e.